The van der Waals surface area contributed by atoms with Gasteiger partial charge in [-0.05, 0) is 55.4 Å². The first-order valence-electron chi connectivity index (χ1n) is 15.0. The Morgan fingerprint density at radius 1 is 1.16 bits per heavy atom. The zero-order valence-electron chi connectivity index (χ0n) is 25.5. The van der Waals surface area contributed by atoms with E-state index in [9.17, 15) is 19.5 Å². The van der Waals surface area contributed by atoms with Crippen molar-refractivity contribution in [1.82, 2.24) is 15.0 Å². The van der Waals surface area contributed by atoms with Crippen molar-refractivity contribution in [3.8, 4) is 5.75 Å². The molecule has 0 saturated carbocycles. The average molecular weight is 622 g/mol. The highest BCUT2D eigenvalue weighted by Crippen LogP contribution is 2.60. The van der Waals surface area contributed by atoms with Crippen molar-refractivity contribution >= 4 is 31.7 Å². The van der Waals surface area contributed by atoms with Crippen LogP contribution in [0.5, 0.6) is 5.75 Å². The van der Waals surface area contributed by atoms with Crippen LogP contribution in [0, 0.1) is 5.92 Å². The summed E-state index contributed by atoms with van der Waals surface area (Å²) in [5, 5.41) is 17.5. The van der Waals surface area contributed by atoms with E-state index in [0.717, 1.165) is 22.5 Å². The number of anilines is 2. The molecule has 4 heterocycles. The molecule has 44 heavy (non-hydrogen) atoms. The van der Waals surface area contributed by atoms with Crippen LogP contribution in [-0.2, 0) is 39.4 Å². The minimum atomic E-state index is -2.83. The lowest BCUT2D eigenvalue weighted by atomic mass is 9.82. The molecule has 0 aliphatic carbocycles. The molecule has 2 saturated heterocycles. The van der Waals surface area contributed by atoms with Crippen molar-refractivity contribution in [3.05, 3.63) is 65.5 Å². The van der Waals surface area contributed by atoms with Gasteiger partial charge in [-0.25, -0.2) is 4.79 Å². The van der Waals surface area contributed by atoms with Crippen LogP contribution in [0.25, 0.3) is 0 Å². The third-order valence-electron chi connectivity index (χ3n) is 9.14. The van der Waals surface area contributed by atoms with E-state index in [2.05, 4.69) is 10.3 Å². The van der Waals surface area contributed by atoms with Gasteiger partial charge in [-0.3, -0.25) is 14.4 Å². The summed E-state index contributed by atoms with van der Waals surface area (Å²) in [6.45, 7) is 7.48. The van der Waals surface area contributed by atoms with E-state index in [1.165, 1.54) is 0 Å². The number of ether oxygens (including phenoxy) is 3. The van der Waals surface area contributed by atoms with Gasteiger partial charge in [0.05, 0.1) is 37.7 Å². The second-order valence-electron chi connectivity index (χ2n) is 12.3. The zero-order valence-corrected chi connectivity index (χ0v) is 26.5. The largest absolute Gasteiger partial charge is 0.497 e. The number of aliphatic hydroxyl groups is 1. The number of cyclic esters (lactones) is 1. The van der Waals surface area contributed by atoms with Gasteiger partial charge in [-0.15, -0.1) is 5.10 Å². The summed E-state index contributed by atoms with van der Waals surface area (Å²) in [5.74, 6) is 0.138. The van der Waals surface area contributed by atoms with Crippen LogP contribution in [0.4, 0.5) is 16.2 Å². The Balaban J connectivity index is 1.32. The van der Waals surface area contributed by atoms with E-state index in [4.69, 9.17) is 14.2 Å². The zero-order chi connectivity index (χ0) is 31.2. The topological polar surface area (TPSA) is 139 Å². The molecule has 1 spiro atoms. The SMILES string of the molecule is COc1ccc2c(c1)[C@@]1(O[C@H](CCn3cc(CCO)nn3)[C@@H]([Si](C)(C)O)[C@@H]1C)C(=O)N2Cc1ccc(N2CCOC2=O)cc1. The van der Waals surface area contributed by atoms with Crippen LogP contribution in [0.2, 0.25) is 18.6 Å². The molecule has 3 aliphatic rings. The molecule has 0 bridgehead atoms. The van der Waals surface area contributed by atoms with Crippen LogP contribution in [0.3, 0.4) is 0 Å². The molecule has 3 aliphatic heterocycles. The quantitative estimate of drug-likeness (QED) is 0.327. The van der Waals surface area contributed by atoms with Crippen molar-refractivity contribution in [1.29, 1.82) is 0 Å². The summed E-state index contributed by atoms with van der Waals surface area (Å²) in [6, 6.07) is 13.2. The minimum Gasteiger partial charge on any atom is -0.497 e. The number of fused-ring (bicyclic) bond motifs is 2. The standard InChI is InChI=1S/C31H39N5O7Si/c1-20-28(44(3,4)40)27(11-13-34-19-22(12-15-37)32-33-34)43-31(20)25-17-24(41-2)9-10-26(25)36(29(31)38)18-21-5-7-23(8-6-21)35-14-16-42-30(35)39/h5-10,17,19-20,27-28,37,40H,11-16,18H2,1-4H3/t20-,27+,28-,31+/m0/s1. The van der Waals surface area contributed by atoms with Gasteiger partial charge in [0.15, 0.2) is 13.9 Å². The predicted molar refractivity (Wildman–Crippen MR) is 164 cm³/mol. The number of hydrogen-bond acceptors (Lipinski definition) is 9. The van der Waals surface area contributed by atoms with Crippen LogP contribution >= 0.6 is 0 Å². The summed E-state index contributed by atoms with van der Waals surface area (Å²) in [5.41, 5.74) is 2.30. The number of amides is 2. The van der Waals surface area contributed by atoms with E-state index < -0.39 is 20.0 Å². The molecule has 13 heteroatoms. The second-order valence-corrected chi connectivity index (χ2v) is 16.3. The molecule has 12 nitrogen and oxygen atoms in total. The smallest absolute Gasteiger partial charge is 0.414 e. The number of aryl methyl sites for hydroxylation is 1. The van der Waals surface area contributed by atoms with Crippen LogP contribution in [0.1, 0.15) is 30.2 Å². The van der Waals surface area contributed by atoms with Crippen molar-refractivity contribution in [2.45, 2.75) is 63.2 Å². The Kier molecular flexibility index (Phi) is 7.99. The van der Waals surface area contributed by atoms with Gasteiger partial charge in [0.2, 0.25) is 0 Å². The molecule has 234 valence electrons. The highest BCUT2D eigenvalue weighted by atomic mass is 28.4. The summed E-state index contributed by atoms with van der Waals surface area (Å²) < 4.78 is 19.3. The number of carbonyl (C=O) groups excluding carboxylic acids is 2. The van der Waals surface area contributed by atoms with Gasteiger partial charge in [-0.1, -0.05) is 24.3 Å². The molecule has 0 unspecified atom stereocenters. The molecule has 6 rings (SSSR count). The first-order chi connectivity index (χ1) is 21.1. The van der Waals surface area contributed by atoms with Gasteiger partial charge in [-0.2, -0.15) is 0 Å². The molecular weight excluding hydrogens is 582 g/mol. The highest BCUT2D eigenvalue weighted by molar-refractivity contribution is 6.71. The number of nitrogens with zero attached hydrogens (tertiary/aromatic N) is 5. The minimum absolute atomic E-state index is 0.00442. The maximum absolute atomic E-state index is 14.7. The normalized spacial score (nSPS) is 24.8. The monoisotopic (exact) mass is 621 g/mol. The second kappa shape index (κ2) is 11.6. The van der Waals surface area contributed by atoms with Crippen molar-refractivity contribution < 1.29 is 33.7 Å². The van der Waals surface area contributed by atoms with Gasteiger partial charge in [0, 0.05) is 48.5 Å². The lowest BCUT2D eigenvalue weighted by molar-refractivity contribution is -0.146. The first kappa shape index (κ1) is 30.3. The van der Waals surface area contributed by atoms with Crippen molar-refractivity contribution in [3.63, 3.8) is 0 Å². The van der Waals surface area contributed by atoms with Crippen LogP contribution < -0.4 is 14.5 Å². The number of aliphatic hydroxyl groups excluding tert-OH is 1. The lowest BCUT2D eigenvalue weighted by Crippen LogP contribution is -2.46. The van der Waals surface area contributed by atoms with E-state index in [1.54, 1.807) is 27.8 Å². The fourth-order valence-electron chi connectivity index (χ4n) is 7.14. The van der Waals surface area contributed by atoms with Gasteiger partial charge >= 0.3 is 6.09 Å². The van der Waals surface area contributed by atoms with Crippen LogP contribution in [-0.4, -0.2) is 78.2 Å². The van der Waals surface area contributed by atoms with Gasteiger partial charge in [0.1, 0.15) is 12.4 Å². The third-order valence-corrected chi connectivity index (χ3v) is 11.6. The molecule has 2 aromatic carbocycles. The Hall–Kier alpha value is -3.78. The number of rotatable bonds is 10. The Labute approximate surface area is 257 Å². The molecular formula is C31H39N5O7Si. The summed E-state index contributed by atoms with van der Waals surface area (Å²) in [4.78, 5) is 41.6. The Morgan fingerprint density at radius 3 is 2.59 bits per heavy atom. The Morgan fingerprint density at radius 2 is 1.93 bits per heavy atom. The number of methoxy groups -OCH3 is 1. The molecule has 3 aromatic rings. The fraction of sp³-hybridized carbons (Fsp3) is 0.484. The van der Waals surface area contributed by atoms with Crippen molar-refractivity contribution in [2.24, 2.45) is 5.92 Å². The molecule has 2 fully saturated rings. The molecule has 0 radical (unpaired) electrons. The molecule has 4 atom stereocenters. The Bertz CT molecular complexity index is 1540. The third kappa shape index (κ3) is 5.17. The van der Waals surface area contributed by atoms with Gasteiger partial charge in [0.25, 0.3) is 5.91 Å². The maximum atomic E-state index is 14.7. The maximum Gasteiger partial charge on any atom is 0.414 e. The molecule has 1 aromatic heterocycles. The number of hydrogen-bond donors (Lipinski definition) is 2. The number of benzene rings is 2. The molecule has 2 N–H and O–H groups in total. The lowest BCUT2D eigenvalue weighted by Gasteiger charge is -2.32. The fourth-order valence-corrected chi connectivity index (χ4v) is 9.74. The van der Waals surface area contributed by atoms with Crippen molar-refractivity contribution in [2.75, 3.05) is 36.7 Å². The van der Waals surface area contributed by atoms with E-state index in [1.807, 2.05) is 62.5 Å². The summed E-state index contributed by atoms with van der Waals surface area (Å²) in [6.07, 6.45) is 2.00. The number of carbonyl (C=O) groups is 2. The highest BCUT2D eigenvalue weighted by Gasteiger charge is 2.66. The van der Waals surface area contributed by atoms with E-state index >= 15 is 0 Å². The molecule has 2 amide bonds. The first-order valence-corrected chi connectivity index (χ1v) is 18.0. The average Bonchev–Trinajstić information content (AvgIpc) is 3.75. The summed E-state index contributed by atoms with van der Waals surface area (Å²) in [7, 11) is -1.24. The summed E-state index contributed by atoms with van der Waals surface area (Å²) >= 11 is 0. The number of aromatic nitrogens is 3. The van der Waals surface area contributed by atoms with E-state index in [-0.39, 0.29) is 30.1 Å². The van der Waals surface area contributed by atoms with Gasteiger partial charge < -0.3 is 29.0 Å². The predicted octanol–water partition coefficient (Wildman–Crippen LogP) is 3.21. The van der Waals surface area contributed by atoms with Crippen LogP contribution in [0.15, 0.2) is 48.7 Å². The van der Waals surface area contributed by atoms with E-state index in [0.29, 0.717) is 50.5 Å².